The van der Waals surface area contributed by atoms with E-state index in [0.717, 1.165) is 25.8 Å². The minimum Gasteiger partial charge on any atom is -0.354 e. The van der Waals surface area contributed by atoms with Gasteiger partial charge in [0.15, 0.2) is 0 Å². The summed E-state index contributed by atoms with van der Waals surface area (Å²) in [7, 11) is 0. The van der Waals surface area contributed by atoms with Crippen LogP contribution in [0.5, 0.6) is 0 Å². The van der Waals surface area contributed by atoms with Gasteiger partial charge in [0.05, 0.1) is 5.54 Å². The molecule has 1 aliphatic rings. The summed E-state index contributed by atoms with van der Waals surface area (Å²) < 4.78 is 0. The molecule has 0 bridgehead atoms. The Morgan fingerprint density at radius 2 is 1.87 bits per heavy atom. The van der Waals surface area contributed by atoms with Crippen LogP contribution in [0.2, 0.25) is 0 Å². The van der Waals surface area contributed by atoms with Crippen LogP contribution in [-0.2, 0) is 4.79 Å². The largest absolute Gasteiger partial charge is 0.354 e. The van der Waals surface area contributed by atoms with Crippen LogP contribution >= 0.6 is 0 Å². The summed E-state index contributed by atoms with van der Waals surface area (Å²) in [5.74, 6) is 0.404. The van der Waals surface area contributed by atoms with Crippen molar-refractivity contribution >= 4 is 5.91 Å². The summed E-state index contributed by atoms with van der Waals surface area (Å²) in [5.41, 5.74) is 5.61. The number of nitrogens with one attached hydrogen (secondary N) is 1. The average Bonchev–Trinajstić information content (AvgIpc) is 2.83. The average molecular weight is 212 g/mol. The highest BCUT2D eigenvalue weighted by Gasteiger charge is 2.43. The van der Waals surface area contributed by atoms with Crippen molar-refractivity contribution in [3.63, 3.8) is 0 Å². The van der Waals surface area contributed by atoms with Crippen molar-refractivity contribution in [1.29, 1.82) is 0 Å². The molecule has 3 heteroatoms. The molecule has 0 aromatic heterocycles. The Bertz CT molecular complexity index is 236. The lowest BCUT2D eigenvalue weighted by Gasteiger charge is -2.25. The molecule has 15 heavy (non-hydrogen) atoms. The zero-order chi connectivity index (χ0) is 11.7. The number of amides is 1. The number of hydrogen-bond acceptors (Lipinski definition) is 2. The Hall–Kier alpha value is -0.570. The van der Waals surface area contributed by atoms with Gasteiger partial charge in [0.1, 0.15) is 0 Å². The van der Waals surface area contributed by atoms with Gasteiger partial charge in [0.2, 0.25) is 5.91 Å². The van der Waals surface area contributed by atoms with Gasteiger partial charge in [-0.15, -0.1) is 0 Å². The predicted octanol–water partition coefficient (Wildman–Crippen LogP) is 1.67. The molecule has 1 aliphatic carbocycles. The van der Waals surface area contributed by atoms with E-state index in [0.29, 0.717) is 5.92 Å². The fraction of sp³-hybridized carbons (Fsp3) is 0.917. The maximum Gasteiger partial charge on any atom is 0.240 e. The van der Waals surface area contributed by atoms with E-state index in [1.54, 1.807) is 0 Å². The third-order valence-electron chi connectivity index (χ3n) is 3.08. The van der Waals surface area contributed by atoms with E-state index in [1.165, 1.54) is 0 Å². The van der Waals surface area contributed by atoms with Gasteiger partial charge in [-0.25, -0.2) is 0 Å². The van der Waals surface area contributed by atoms with Gasteiger partial charge < -0.3 is 11.1 Å². The Balaban J connectivity index is 2.29. The molecule has 1 fully saturated rings. The standard InChI is InChI=1S/C12H24N2O/c1-11(2,3)7-8-14-10(15)12(4,13)9-5-6-9/h9H,5-8,13H2,1-4H3,(H,14,15). The van der Waals surface area contributed by atoms with Gasteiger partial charge in [-0.2, -0.15) is 0 Å². The molecule has 3 nitrogen and oxygen atoms in total. The summed E-state index contributed by atoms with van der Waals surface area (Å²) in [5, 5.41) is 2.94. The molecule has 0 spiro atoms. The SMILES string of the molecule is CC(C)(C)CCNC(=O)C(C)(N)C1CC1. The summed E-state index contributed by atoms with van der Waals surface area (Å²) in [6, 6.07) is 0. The normalized spacial score (nSPS) is 20.9. The zero-order valence-corrected chi connectivity index (χ0v) is 10.4. The molecule has 88 valence electrons. The summed E-state index contributed by atoms with van der Waals surface area (Å²) in [6.07, 6.45) is 3.18. The lowest BCUT2D eigenvalue weighted by atomic mass is 9.91. The lowest BCUT2D eigenvalue weighted by molar-refractivity contribution is -0.126. The second-order valence-electron chi connectivity index (χ2n) is 6.12. The highest BCUT2D eigenvalue weighted by atomic mass is 16.2. The van der Waals surface area contributed by atoms with Crippen LogP contribution in [0.1, 0.15) is 47.0 Å². The van der Waals surface area contributed by atoms with Gasteiger partial charge in [-0.1, -0.05) is 20.8 Å². The smallest absolute Gasteiger partial charge is 0.240 e. The number of carbonyl (C=O) groups excluding carboxylic acids is 1. The molecule has 1 amide bonds. The first kappa shape index (κ1) is 12.5. The van der Waals surface area contributed by atoms with Crippen LogP contribution in [0, 0.1) is 11.3 Å². The number of nitrogens with two attached hydrogens (primary N) is 1. The molecule has 1 saturated carbocycles. The summed E-state index contributed by atoms with van der Waals surface area (Å²) >= 11 is 0. The monoisotopic (exact) mass is 212 g/mol. The van der Waals surface area contributed by atoms with Crippen LogP contribution in [0.4, 0.5) is 0 Å². The third kappa shape index (κ3) is 3.82. The first-order chi connectivity index (χ1) is 6.73. The van der Waals surface area contributed by atoms with Crippen LogP contribution in [0.25, 0.3) is 0 Å². The van der Waals surface area contributed by atoms with E-state index in [2.05, 4.69) is 26.1 Å². The maximum absolute atomic E-state index is 11.8. The van der Waals surface area contributed by atoms with Crippen LogP contribution in [0.3, 0.4) is 0 Å². The molecule has 0 aromatic carbocycles. The highest BCUT2D eigenvalue weighted by molar-refractivity contribution is 5.86. The highest BCUT2D eigenvalue weighted by Crippen LogP contribution is 2.38. The quantitative estimate of drug-likeness (QED) is 0.744. The van der Waals surface area contributed by atoms with E-state index < -0.39 is 5.54 Å². The molecule has 1 atom stereocenters. The molecular formula is C12H24N2O. The van der Waals surface area contributed by atoms with Crippen molar-refractivity contribution in [2.24, 2.45) is 17.1 Å². The van der Waals surface area contributed by atoms with E-state index in [-0.39, 0.29) is 11.3 Å². The third-order valence-corrected chi connectivity index (χ3v) is 3.08. The van der Waals surface area contributed by atoms with Crippen LogP contribution in [-0.4, -0.2) is 18.0 Å². The molecule has 1 unspecified atom stereocenters. The molecule has 0 aliphatic heterocycles. The predicted molar refractivity (Wildman–Crippen MR) is 62.4 cm³/mol. The molecule has 0 aromatic rings. The minimum atomic E-state index is -0.655. The van der Waals surface area contributed by atoms with E-state index in [4.69, 9.17) is 5.73 Å². The Kier molecular flexibility index (Phi) is 3.44. The first-order valence-corrected chi connectivity index (χ1v) is 5.81. The van der Waals surface area contributed by atoms with E-state index >= 15 is 0 Å². The fourth-order valence-electron chi connectivity index (χ4n) is 1.61. The molecule has 3 N–H and O–H groups in total. The first-order valence-electron chi connectivity index (χ1n) is 5.81. The number of rotatable bonds is 4. The van der Waals surface area contributed by atoms with E-state index in [9.17, 15) is 4.79 Å². The second kappa shape index (κ2) is 4.12. The van der Waals surface area contributed by atoms with Crippen LogP contribution in [0.15, 0.2) is 0 Å². The summed E-state index contributed by atoms with van der Waals surface area (Å²) in [4.78, 5) is 11.8. The maximum atomic E-state index is 11.8. The fourth-order valence-corrected chi connectivity index (χ4v) is 1.61. The molecule has 0 heterocycles. The van der Waals surface area contributed by atoms with Gasteiger partial charge >= 0.3 is 0 Å². The number of hydrogen-bond donors (Lipinski definition) is 2. The lowest BCUT2D eigenvalue weighted by Crippen LogP contribution is -2.53. The van der Waals surface area contributed by atoms with Gasteiger partial charge in [0.25, 0.3) is 0 Å². The Morgan fingerprint density at radius 1 is 1.33 bits per heavy atom. The molecule has 0 saturated heterocycles. The zero-order valence-electron chi connectivity index (χ0n) is 10.4. The van der Waals surface area contributed by atoms with Gasteiger partial charge in [-0.3, -0.25) is 4.79 Å². The summed E-state index contributed by atoms with van der Waals surface area (Å²) in [6.45, 7) is 9.07. The van der Waals surface area contributed by atoms with Crippen molar-refractivity contribution in [2.45, 2.75) is 52.5 Å². The molecule has 1 rings (SSSR count). The minimum absolute atomic E-state index is 0.00856. The Morgan fingerprint density at radius 3 is 2.27 bits per heavy atom. The molecule has 0 radical (unpaired) electrons. The van der Waals surface area contributed by atoms with Gasteiger partial charge in [-0.05, 0) is 37.5 Å². The van der Waals surface area contributed by atoms with Crippen molar-refractivity contribution in [2.75, 3.05) is 6.54 Å². The second-order valence-corrected chi connectivity index (χ2v) is 6.12. The van der Waals surface area contributed by atoms with Crippen LogP contribution < -0.4 is 11.1 Å². The van der Waals surface area contributed by atoms with Gasteiger partial charge in [0, 0.05) is 6.54 Å². The molecular weight excluding hydrogens is 188 g/mol. The van der Waals surface area contributed by atoms with Crippen molar-refractivity contribution < 1.29 is 4.79 Å². The number of carbonyl (C=O) groups is 1. The topological polar surface area (TPSA) is 55.1 Å². The van der Waals surface area contributed by atoms with E-state index in [1.807, 2.05) is 6.92 Å². The van der Waals surface area contributed by atoms with Crippen molar-refractivity contribution in [3.8, 4) is 0 Å². The Labute approximate surface area is 92.8 Å². The van der Waals surface area contributed by atoms with Crippen molar-refractivity contribution in [1.82, 2.24) is 5.32 Å². The van der Waals surface area contributed by atoms with Crippen molar-refractivity contribution in [3.05, 3.63) is 0 Å².